The van der Waals surface area contributed by atoms with Gasteiger partial charge in [-0.05, 0) is 49.8 Å². The van der Waals surface area contributed by atoms with Gasteiger partial charge >= 0.3 is 5.97 Å². The Morgan fingerprint density at radius 2 is 2.16 bits per heavy atom. The average Bonchev–Trinajstić information content (AvgIpc) is 3.10. The second kappa shape index (κ2) is 4.82. The maximum atomic E-state index is 11.6. The van der Waals surface area contributed by atoms with Crippen molar-refractivity contribution in [2.75, 3.05) is 6.61 Å². The molecule has 0 aromatic heterocycles. The first-order chi connectivity index (χ1) is 9.12. The lowest BCUT2D eigenvalue weighted by Gasteiger charge is -2.39. The van der Waals surface area contributed by atoms with Gasteiger partial charge < -0.3 is 9.84 Å². The van der Waals surface area contributed by atoms with E-state index in [0.29, 0.717) is 25.4 Å². The molecule has 3 rings (SSSR count). The molecule has 3 nitrogen and oxygen atoms in total. The van der Waals surface area contributed by atoms with E-state index in [4.69, 9.17) is 4.74 Å². The second-order valence-corrected chi connectivity index (χ2v) is 6.55. The van der Waals surface area contributed by atoms with Gasteiger partial charge in [0.05, 0.1) is 12.0 Å². The number of benzene rings is 1. The minimum atomic E-state index is -0.733. The summed E-state index contributed by atoms with van der Waals surface area (Å²) < 4.78 is 6.77. The highest BCUT2D eigenvalue weighted by Crippen LogP contribution is 2.48. The van der Waals surface area contributed by atoms with Gasteiger partial charge in [0.15, 0.2) is 0 Å². The van der Waals surface area contributed by atoms with Crippen molar-refractivity contribution in [3.8, 4) is 5.75 Å². The third-order valence-corrected chi connectivity index (χ3v) is 4.74. The van der Waals surface area contributed by atoms with Crippen LogP contribution in [0.3, 0.4) is 0 Å². The summed E-state index contributed by atoms with van der Waals surface area (Å²) in [5.74, 6) is 0.684. The van der Waals surface area contributed by atoms with Crippen LogP contribution < -0.4 is 4.74 Å². The maximum Gasteiger partial charge on any atom is 0.314 e. The lowest BCUT2D eigenvalue weighted by Crippen LogP contribution is -2.42. The number of carboxylic acid groups (broad SMARTS) is 1. The molecule has 0 aliphatic heterocycles. The summed E-state index contributed by atoms with van der Waals surface area (Å²) in [7, 11) is 0. The van der Waals surface area contributed by atoms with Crippen molar-refractivity contribution in [3.05, 3.63) is 28.2 Å². The quantitative estimate of drug-likeness (QED) is 0.897. The monoisotopic (exact) mass is 324 g/mol. The number of carbonyl (C=O) groups is 1. The Balaban J connectivity index is 1.92. The van der Waals surface area contributed by atoms with Crippen molar-refractivity contribution in [1.82, 2.24) is 0 Å². The van der Waals surface area contributed by atoms with Crippen LogP contribution in [0.4, 0.5) is 0 Å². The molecule has 1 aromatic rings. The molecule has 0 bridgehead atoms. The standard InChI is InChI=1S/C15H17BrO3/c16-11-4-5-13(19-9-10-2-3-10)12(8-11)15(14(17)18)6-1-7-15/h4-5,8,10H,1-3,6-7,9H2,(H,17,18). The van der Waals surface area contributed by atoms with Gasteiger partial charge in [0, 0.05) is 10.0 Å². The highest BCUT2D eigenvalue weighted by Gasteiger charge is 2.47. The predicted molar refractivity (Wildman–Crippen MR) is 75.5 cm³/mol. The van der Waals surface area contributed by atoms with Gasteiger partial charge in [0.1, 0.15) is 5.75 Å². The number of halogens is 1. The lowest BCUT2D eigenvalue weighted by atomic mass is 9.64. The van der Waals surface area contributed by atoms with E-state index < -0.39 is 11.4 Å². The molecule has 2 aliphatic carbocycles. The van der Waals surface area contributed by atoms with Crippen LogP contribution in [0.2, 0.25) is 0 Å². The Kier molecular flexibility index (Phi) is 3.29. The van der Waals surface area contributed by atoms with Crippen LogP contribution in [0, 0.1) is 5.92 Å². The average molecular weight is 325 g/mol. The number of rotatable bonds is 5. The van der Waals surface area contributed by atoms with Gasteiger partial charge in [0.25, 0.3) is 0 Å². The molecular formula is C15H17BrO3. The summed E-state index contributed by atoms with van der Waals surface area (Å²) in [6.07, 6.45) is 4.85. The van der Waals surface area contributed by atoms with Gasteiger partial charge in [-0.15, -0.1) is 0 Å². The molecule has 2 fully saturated rings. The molecule has 0 unspecified atom stereocenters. The first-order valence-electron chi connectivity index (χ1n) is 6.78. The van der Waals surface area contributed by atoms with Gasteiger partial charge in [-0.1, -0.05) is 22.4 Å². The van der Waals surface area contributed by atoms with Crippen LogP contribution >= 0.6 is 15.9 Å². The molecule has 0 atom stereocenters. The molecule has 1 aromatic carbocycles. The molecule has 0 amide bonds. The first kappa shape index (κ1) is 13.0. The lowest BCUT2D eigenvalue weighted by molar-refractivity contribution is -0.147. The Morgan fingerprint density at radius 1 is 1.42 bits per heavy atom. The van der Waals surface area contributed by atoms with Crippen molar-refractivity contribution in [2.24, 2.45) is 5.92 Å². The minimum Gasteiger partial charge on any atom is -0.493 e. The smallest absolute Gasteiger partial charge is 0.314 e. The van der Waals surface area contributed by atoms with Crippen LogP contribution in [0.25, 0.3) is 0 Å². The van der Waals surface area contributed by atoms with E-state index >= 15 is 0 Å². The van der Waals surface area contributed by atoms with Gasteiger partial charge in [-0.2, -0.15) is 0 Å². The van der Waals surface area contributed by atoms with Crippen molar-refractivity contribution in [1.29, 1.82) is 0 Å². The van der Waals surface area contributed by atoms with Crippen molar-refractivity contribution >= 4 is 21.9 Å². The number of aliphatic carboxylic acids is 1. The number of hydrogen-bond acceptors (Lipinski definition) is 2. The van der Waals surface area contributed by atoms with Crippen LogP contribution in [-0.2, 0) is 10.2 Å². The highest BCUT2D eigenvalue weighted by atomic mass is 79.9. The molecule has 19 heavy (non-hydrogen) atoms. The fourth-order valence-corrected chi connectivity index (χ4v) is 2.98. The number of ether oxygens (including phenoxy) is 1. The van der Waals surface area contributed by atoms with E-state index in [1.165, 1.54) is 12.8 Å². The van der Waals surface area contributed by atoms with E-state index in [1.807, 2.05) is 18.2 Å². The van der Waals surface area contributed by atoms with Gasteiger partial charge in [0.2, 0.25) is 0 Å². The predicted octanol–water partition coefficient (Wildman–Crippen LogP) is 3.74. The summed E-state index contributed by atoms with van der Waals surface area (Å²) in [5, 5.41) is 9.57. The van der Waals surface area contributed by atoms with Crippen molar-refractivity contribution in [2.45, 2.75) is 37.5 Å². The normalized spacial score (nSPS) is 20.7. The van der Waals surface area contributed by atoms with Crippen molar-refractivity contribution in [3.63, 3.8) is 0 Å². The molecular weight excluding hydrogens is 308 g/mol. The molecule has 0 saturated heterocycles. The molecule has 1 N–H and O–H groups in total. The molecule has 0 heterocycles. The first-order valence-corrected chi connectivity index (χ1v) is 7.57. The van der Waals surface area contributed by atoms with E-state index in [-0.39, 0.29) is 0 Å². The molecule has 2 saturated carbocycles. The Morgan fingerprint density at radius 3 is 2.68 bits per heavy atom. The molecule has 2 aliphatic rings. The Bertz CT molecular complexity index is 504. The summed E-state index contributed by atoms with van der Waals surface area (Å²) in [6, 6.07) is 5.72. The zero-order valence-corrected chi connectivity index (χ0v) is 12.3. The van der Waals surface area contributed by atoms with E-state index in [1.54, 1.807) is 0 Å². The van der Waals surface area contributed by atoms with Crippen LogP contribution in [0.5, 0.6) is 5.75 Å². The van der Waals surface area contributed by atoms with Gasteiger partial charge in [-0.3, -0.25) is 4.79 Å². The summed E-state index contributed by atoms with van der Waals surface area (Å²) >= 11 is 3.44. The molecule has 0 radical (unpaired) electrons. The van der Waals surface area contributed by atoms with E-state index in [2.05, 4.69) is 15.9 Å². The molecule has 4 heteroatoms. The topological polar surface area (TPSA) is 46.5 Å². The zero-order chi connectivity index (χ0) is 13.5. The van der Waals surface area contributed by atoms with Gasteiger partial charge in [-0.25, -0.2) is 0 Å². The summed E-state index contributed by atoms with van der Waals surface area (Å²) in [6.45, 7) is 0.713. The fraction of sp³-hybridized carbons (Fsp3) is 0.533. The zero-order valence-electron chi connectivity index (χ0n) is 10.7. The highest BCUT2D eigenvalue weighted by molar-refractivity contribution is 9.10. The third-order valence-electron chi connectivity index (χ3n) is 4.25. The van der Waals surface area contributed by atoms with Crippen LogP contribution in [-0.4, -0.2) is 17.7 Å². The number of carboxylic acids is 1. The third kappa shape index (κ3) is 2.38. The Hall–Kier alpha value is -1.03. The molecule has 102 valence electrons. The van der Waals surface area contributed by atoms with E-state index in [0.717, 1.165) is 22.2 Å². The van der Waals surface area contributed by atoms with E-state index in [9.17, 15) is 9.90 Å². The number of hydrogen-bond donors (Lipinski definition) is 1. The summed E-state index contributed by atoms with van der Waals surface area (Å²) in [5.41, 5.74) is 0.101. The SMILES string of the molecule is O=C(O)C1(c2cc(Br)ccc2OCC2CC2)CCC1. The second-order valence-electron chi connectivity index (χ2n) is 5.64. The van der Waals surface area contributed by atoms with Crippen molar-refractivity contribution < 1.29 is 14.6 Å². The van der Waals surface area contributed by atoms with Crippen LogP contribution in [0.1, 0.15) is 37.7 Å². The summed E-state index contributed by atoms with van der Waals surface area (Å²) in [4.78, 5) is 11.6. The Labute approximate surface area is 121 Å². The fourth-order valence-electron chi connectivity index (χ4n) is 2.62. The van der Waals surface area contributed by atoms with Crippen LogP contribution in [0.15, 0.2) is 22.7 Å². The largest absolute Gasteiger partial charge is 0.493 e. The minimum absolute atomic E-state index is 0.665. The molecule has 0 spiro atoms. The maximum absolute atomic E-state index is 11.6.